The lowest BCUT2D eigenvalue weighted by Crippen LogP contribution is -2.62. The Morgan fingerprint density at radius 1 is 1.31 bits per heavy atom. The van der Waals surface area contributed by atoms with Crippen molar-refractivity contribution in [1.29, 1.82) is 5.26 Å². The zero-order valence-electron chi connectivity index (χ0n) is 19.2. The van der Waals surface area contributed by atoms with Gasteiger partial charge >= 0.3 is 6.18 Å². The molecule has 14 heteroatoms. The van der Waals surface area contributed by atoms with Crippen molar-refractivity contribution in [3.8, 4) is 11.9 Å². The number of nitrogens with zero attached hydrogens (tertiary/aromatic N) is 3. The third-order valence-corrected chi connectivity index (χ3v) is 5.57. The fraction of sp³-hybridized carbons (Fsp3) is 0.364. The number of halogens is 3. The average Bonchev–Trinajstić information content (AvgIpc) is 2.82. The summed E-state index contributed by atoms with van der Waals surface area (Å²) in [6.45, 7) is 1.48. The number of guanidine groups is 1. The Morgan fingerprint density at radius 3 is 2.58 bits per heavy atom. The molecule has 0 saturated heterocycles. The van der Waals surface area contributed by atoms with Gasteiger partial charge in [0.05, 0.1) is 16.5 Å². The predicted molar refractivity (Wildman–Crippen MR) is 120 cm³/mol. The molecule has 1 heterocycles. The van der Waals surface area contributed by atoms with Gasteiger partial charge in [-0.1, -0.05) is 6.07 Å². The van der Waals surface area contributed by atoms with E-state index in [1.165, 1.54) is 51.6 Å². The molecule has 3 rings (SSSR count). The van der Waals surface area contributed by atoms with Crippen LogP contribution in [-0.2, 0) is 15.7 Å². The highest BCUT2D eigenvalue weighted by Crippen LogP contribution is 2.43. The first kappa shape index (κ1) is 26.7. The maximum Gasteiger partial charge on any atom is 0.416 e. The number of anilines is 1. The molecule has 0 aliphatic carbocycles. The van der Waals surface area contributed by atoms with E-state index < -0.39 is 40.7 Å². The van der Waals surface area contributed by atoms with E-state index in [0.29, 0.717) is 0 Å². The summed E-state index contributed by atoms with van der Waals surface area (Å²) < 4.78 is 55.9. The number of rotatable bonds is 6. The number of nitriles is 1. The van der Waals surface area contributed by atoms with E-state index in [0.717, 1.165) is 18.2 Å². The first-order chi connectivity index (χ1) is 16.9. The van der Waals surface area contributed by atoms with Crippen LogP contribution >= 0.6 is 0 Å². The molecule has 0 spiro atoms. The Hall–Kier alpha value is -3.93. The van der Waals surface area contributed by atoms with Crippen molar-refractivity contribution in [2.75, 3.05) is 19.5 Å². The van der Waals surface area contributed by atoms with Crippen LogP contribution in [0.3, 0.4) is 0 Å². The summed E-state index contributed by atoms with van der Waals surface area (Å²) in [5.41, 5.74) is -2.72. The molecular formula is C22H22F3N5O6. The lowest BCUT2D eigenvalue weighted by atomic mass is 9.84. The summed E-state index contributed by atoms with van der Waals surface area (Å²) in [5, 5.41) is 37.2. The fourth-order valence-electron chi connectivity index (χ4n) is 3.90. The van der Waals surface area contributed by atoms with E-state index in [4.69, 9.17) is 19.5 Å². The lowest BCUT2D eigenvalue weighted by Gasteiger charge is -2.46. The molecule has 2 aromatic rings. The topological polar surface area (TPSA) is 151 Å². The molecule has 2 aromatic carbocycles. The maximum absolute atomic E-state index is 13.1. The van der Waals surface area contributed by atoms with E-state index in [1.54, 1.807) is 0 Å². The number of aliphatic imine (C=N–C) groups is 1. The predicted octanol–water partition coefficient (Wildman–Crippen LogP) is 3.32. The molecule has 0 fully saturated rings. The van der Waals surface area contributed by atoms with Crippen LogP contribution in [0.15, 0.2) is 47.5 Å². The number of fused-ring (bicyclic) bond motifs is 1. The van der Waals surface area contributed by atoms with Gasteiger partial charge in [-0.15, -0.1) is 4.99 Å². The molecule has 0 aromatic heterocycles. The van der Waals surface area contributed by atoms with Crippen LogP contribution in [0.4, 0.5) is 24.5 Å². The van der Waals surface area contributed by atoms with Crippen molar-refractivity contribution in [3.63, 3.8) is 0 Å². The third-order valence-electron chi connectivity index (χ3n) is 5.57. The molecule has 0 unspecified atom stereocenters. The second-order valence-corrected chi connectivity index (χ2v) is 7.90. The number of hydrogen-bond acceptors (Lipinski definition) is 8. The lowest BCUT2D eigenvalue weighted by molar-refractivity contribution is -0.385. The number of nitro benzene ring substituents is 1. The van der Waals surface area contributed by atoms with Crippen molar-refractivity contribution < 1.29 is 37.4 Å². The average molecular weight is 509 g/mol. The highest BCUT2D eigenvalue weighted by atomic mass is 19.4. The number of benzene rings is 2. The van der Waals surface area contributed by atoms with E-state index in [9.17, 15) is 28.4 Å². The smallest absolute Gasteiger partial charge is 0.416 e. The molecule has 0 radical (unpaired) electrons. The largest absolute Gasteiger partial charge is 0.479 e. The SMILES string of the molecule is COC(OC)[C@]1(C)Oc2ccc([N+](=O)[O-])cc2[C@@H](NC(=NC#N)Nc2cccc(C(F)(F)F)c2)[C@@H]1O. The van der Waals surface area contributed by atoms with Crippen molar-refractivity contribution in [2.45, 2.75) is 37.1 Å². The maximum atomic E-state index is 13.1. The number of non-ortho nitro benzene ring substituents is 1. The van der Waals surface area contributed by atoms with Gasteiger partial charge in [0.1, 0.15) is 11.9 Å². The van der Waals surface area contributed by atoms with Gasteiger partial charge in [-0.2, -0.15) is 18.4 Å². The van der Waals surface area contributed by atoms with Crippen molar-refractivity contribution in [1.82, 2.24) is 5.32 Å². The summed E-state index contributed by atoms with van der Waals surface area (Å²) in [6.07, 6.45) is -5.69. The van der Waals surface area contributed by atoms with Gasteiger partial charge in [0.2, 0.25) is 12.2 Å². The van der Waals surface area contributed by atoms with Gasteiger partial charge in [-0.25, -0.2) is 0 Å². The van der Waals surface area contributed by atoms with Crippen molar-refractivity contribution in [3.05, 3.63) is 63.7 Å². The molecule has 11 nitrogen and oxygen atoms in total. The molecular weight excluding hydrogens is 487 g/mol. The molecule has 1 aliphatic rings. The molecule has 36 heavy (non-hydrogen) atoms. The Bertz CT molecular complexity index is 1200. The zero-order chi connectivity index (χ0) is 26.7. The van der Waals surface area contributed by atoms with E-state index in [2.05, 4.69) is 15.6 Å². The van der Waals surface area contributed by atoms with Gasteiger partial charge in [-0.05, 0) is 31.2 Å². The zero-order valence-corrected chi connectivity index (χ0v) is 19.2. The summed E-state index contributed by atoms with van der Waals surface area (Å²) in [5.74, 6) is -0.186. The Balaban J connectivity index is 2.05. The molecule has 0 amide bonds. The number of nitrogens with one attached hydrogen (secondary N) is 2. The summed E-state index contributed by atoms with van der Waals surface area (Å²) in [4.78, 5) is 14.3. The van der Waals surface area contributed by atoms with E-state index in [1.807, 2.05) is 0 Å². The summed E-state index contributed by atoms with van der Waals surface area (Å²) in [6, 6.07) is 6.66. The normalized spacial score (nSPS) is 21.8. The van der Waals surface area contributed by atoms with Crippen LogP contribution in [0.25, 0.3) is 0 Å². The van der Waals surface area contributed by atoms with Gasteiger partial charge in [0.15, 0.2) is 11.9 Å². The molecule has 3 atom stereocenters. The van der Waals surface area contributed by atoms with Gasteiger partial charge < -0.3 is 30.0 Å². The second kappa shape index (κ2) is 10.4. The van der Waals surface area contributed by atoms with Gasteiger partial charge in [0.25, 0.3) is 5.69 Å². The number of aliphatic hydroxyl groups is 1. The third kappa shape index (κ3) is 5.33. The van der Waals surface area contributed by atoms with Crippen LogP contribution in [-0.4, -0.2) is 48.2 Å². The Labute approximate surface area is 203 Å². The van der Waals surface area contributed by atoms with Crippen LogP contribution in [0.2, 0.25) is 0 Å². The first-order valence-electron chi connectivity index (χ1n) is 10.3. The Kier molecular flexibility index (Phi) is 7.68. The summed E-state index contributed by atoms with van der Waals surface area (Å²) in [7, 11) is 2.64. The summed E-state index contributed by atoms with van der Waals surface area (Å²) >= 11 is 0. The molecule has 0 saturated carbocycles. The van der Waals surface area contributed by atoms with Gasteiger partial charge in [0, 0.05) is 37.6 Å². The van der Waals surface area contributed by atoms with Crippen molar-refractivity contribution in [2.24, 2.45) is 4.99 Å². The number of nitro groups is 1. The molecule has 1 aliphatic heterocycles. The van der Waals surface area contributed by atoms with Crippen LogP contribution in [0, 0.1) is 21.6 Å². The second-order valence-electron chi connectivity index (χ2n) is 7.90. The molecule has 192 valence electrons. The van der Waals surface area contributed by atoms with Crippen molar-refractivity contribution >= 4 is 17.3 Å². The number of aliphatic hydroxyl groups excluding tert-OH is 1. The minimum atomic E-state index is -4.61. The van der Waals surface area contributed by atoms with E-state index >= 15 is 0 Å². The Morgan fingerprint density at radius 2 is 2.00 bits per heavy atom. The van der Waals surface area contributed by atoms with Crippen LogP contribution < -0.4 is 15.4 Å². The quantitative estimate of drug-likeness (QED) is 0.133. The standard InChI is InChI=1S/C22H22F3N5O6/c1-21(19(34-2)35-3)18(31)17(15-10-14(30(32)33)7-8-16(15)36-21)29-20(27-11-26)28-13-6-4-5-12(9-13)22(23,24)25/h4-10,17-19,31H,1-3H3,(H2,27,28,29)/t17-,18+,21-/m1/s1. The van der Waals surface area contributed by atoms with Gasteiger partial charge in [-0.3, -0.25) is 10.1 Å². The molecule has 0 bridgehead atoms. The number of hydrogen-bond donors (Lipinski definition) is 3. The van der Waals surface area contributed by atoms with Crippen LogP contribution in [0.1, 0.15) is 24.1 Å². The fourth-order valence-corrected chi connectivity index (χ4v) is 3.90. The number of alkyl halides is 3. The van der Waals surface area contributed by atoms with Crippen LogP contribution in [0.5, 0.6) is 5.75 Å². The van der Waals surface area contributed by atoms with E-state index in [-0.39, 0.29) is 28.6 Å². The minimum absolute atomic E-state index is 0.0541. The highest BCUT2D eigenvalue weighted by molar-refractivity contribution is 5.94. The highest BCUT2D eigenvalue weighted by Gasteiger charge is 2.52. The minimum Gasteiger partial charge on any atom is -0.479 e. The monoisotopic (exact) mass is 509 g/mol. The molecule has 3 N–H and O–H groups in total. The number of methoxy groups -OCH3 is 2. The number of ether oxygens (including phenoxy) is 3. The first-order valence-corrected chi connectivity index (χ1v) is 10.3.